The second-order valence-electron chi connectivity index (χ2n) is 3.08. The van der Waals surface area contributed by atoms with Crippen molar-refractivity contribution in [2.45, 2.75) is 25.9 Å². The van der Waals surface area contributed by atoms with E-state index in [1.807, 2.05) is 13.8 Å². The summed E-state index contributed by atoms with van der Waals surface area (Å²) in [6.07, 6.45) is 0. The smallest absolute Gasteiger partial charge is 0.355 e. The fraction of sp³-hybridized carbons (Fsp3) is 0.556. The summed E-state index contributed by atoms with van der Waals surface area (Å²) in [5, 5.41) is 0. The molecule has 0 fully saturated rings. The topological polar surface area (TPSA) is 38.7 Å². The molecule has 0 heterocycles. The average Bonchev–Trinajstić information content (AvgIpc) is 2.26. The van der Waals surface area contributed by atoms with E-state index in [-0.39, 0.29) is 0 Å². The van der Waals surface area contributed by atoms with Crippen LogP contribution in [0.2, 0.25) is 12.1 Å². The van der Waals surface area contributed by atoms with E-state index in [4.69, 9.17) is 8.54 Å². The summed E-state index contributed by atoms with van der Waals surface area (Å²) in [6.45, 7) is 11.2. The molecule has 2 unspecified atom stereocenters. The molecule has 0 aliphatic heterocycles. The van der Waals surface area contributed by atoms with E-state index in [0.717, 1.165) is 6.04 Å². The quantitative estimate of drug-likeness (QED) is 0.683. The van der Waals surface area contributed by atoms with Crippen molar-refractivity contribution in [1.29, 1.82) is 0 Å². The number of rotatable bonds is 7. The zero-order valence-corrected chi connectivity index (χ0v) is 11.2. The lowest BCUT2D eigenvalue weighted by Gasteiger charge is -2.32. The van der Waals surface area contributed by atoms with Crippen molar-refractivity contribution in [3.63, 3.8) is 0 Å². The van der Waals surface area contributed by atoms with Crippen molar-refractivity contribution < 1.29 is 13.3 Å². The third-order valence-corrected chi connectivity index (χ3v) is 9.07. The van der Waals surface area contributed by atoms with Crippen LogP contribution in [0.5, 0.6) is 0 Å². The molecule has 0 aromatic carbocycles. The van der Waals surface area contributed by atoms with Gasteiger partial charge in [-0.1, -0.05) is 25.2 Å². The lowest BCUT2D eigenvalue weighted by Crippen LogP contribution is -2.51. The van der Waals surface area contributed by atoms with Gasteiger partial charge in [0.25, 0.3) is 0 Å². The van der Waals surface area contributed by atoms with Crippen LogP contribution in [-0.2, 0) is 8.54 Å². The maximum Gasteiger partial charge on any atom is 0.355 e. The van der Waals surface area contributed by atoms with Gasteiger partial charge in [-0.15, -0.1) is 13.2 Å². The monoisotopic (exact) mass is 232 g/mol. The van der Waals surface area contributed by atoms with Crippen LogP contribution in [0.3, 0.4) is 0 Å². The lowest BCUT2D eigenvalue weighted by atomic mass is 11.0. The maximum atomic E-state index is 10.1. The first-order valence-electron chi connectivity index (χ1n) is 4.76. The van der Waals surface area contributed by atoms with Crippen molar-refractivity contribution in [2.75, 3.05) is 7.11 Å². The van der Waals surface area contributed by atoms with Crippen LogP contribution in [0, 0.1) is 0 Å². The molecule has 82 valence electrons. The Kier molecular flexibility index (Phi) is 5.54. The van der Waals surface area contributed by atoms with E-state index in [9.17, 15) is 4.80 Å². The Morgan fingerprint density at radius 3 is 2.00 bits per heavy atom. The highest BCUT2D eigenvalue weighted by molar-refractivity contribution is 6.85. The van der Waals surface area contributed by atoms with E-state index in [1.165, 1.54) is 5.70 Å². The largest absolute Gasteiger partial charge is 0.408 e. The van der Waals surface area contributed by atoms with Crippen molar-refractivity contribution in [3.8, 4) is 0 Å². The molecule has 1 N–H and O–H groups in total. The van der Waals surface area contributed by atoms with E-state index in [0.29, 0.717) is 6.04 Å². The van der Waals surface area contributed by atoms with Gasteiger partial charge in [-0.25, -0.2) is 0 Å². The van der Waals surface area contributed by atoms with Crippen LogP contribution < -0.4 is 0 Å². The molecular weight excluding hydrogens is 212 g/mol. The molecule has 0 aromatic rings. The van der Waals surface area contributed by atoms with Gasteiger partial charge in [-0.05, 0) is 12.1 Å². The number of hydrogen-bond donors (Lipinski definition) is 1. The minimum Gasteiger partial charge on any atom is -0.408 e. The van der Waals surface area contributed by atoms with Crippen LogP contribution in [-0.4, -0.2) is 29.0 Å². The van der Waals surface area contributed by atoms with Gasteiger partial charge in [-0.3, -0.25) is 0 Å². The molecule has 0 aromatic heterocycles. The van der Waals surface area contributed by atoms with Gasteiger partial charge in [0.05, 0.1) is 0 Å². The summed E-state index contributed by atoms with van der Waals surface area (Å²) in [6, 6.07) is 1.33. The zero-order chi connectivity index (χ0) is 11.2. The van der Waals surface area contributed by atoms with Gasteiger partial charge in [0, 0.05) is 7.11 Å². The molecule has 2 atom stereocenters. The lowest BCUT2D eigenvalue weighted by molar-refractivity contribution is 0.276. The fourth-order valence-electron chi connectivity index (χ4n) is 1.08. The van der Waals surface area contributed by atoms with E-state index < -0.39 is 17.1 Å². The summed E-state index contributed by atoms with van der Waals surface area (Å²) in [4.78, 5) is 10.1. The minimum atomic E-state index is -2.77. The SMILES string of the molecule is C=C[Si](O)(CC)O[Si](C=C)(CC)OC. The molecule has 0 bridgehead atoms. The molecule has 0 aliphatic rings. The molecule has 0 rings (SSSR count). The first-order valence-corrected chi connectivity index (χ1v) is 9.00. The maximum absolute atomic E-state index is 10.1. The van der Waals surface area contributed by atoms with Gasteiger partial charge in [-0.2, -0.15) is 0 Å². The molecule has 0 amide bonds. The first-order chi connectivity index (χ1) is 6.51. The molecule has 5 heteroatoms. The van der Waals surface area contributed by atoms with Crippen LogP contribution >= 0.6 is 0 Å². The predicted octanol–water partition coefficient (Wildman–Crippen LogP) is 2.02. The molecule has 0 aliphatic carbocycles. The van der Waals surface area contributed by atoms with Crippen LogP contribution in [0.25, 0.3) is 0 Å². The van der Waals surface area contributed by atoms with Gasteiger partial charge in [0.1, 0.15) is 0 Å². The van der Waals surface area contributed by atoms with Gasteiger partial charge < -0.3 is 13.3 Å². The Hall–Kier alpha value is -0.206. The Morgan fingerprint density at radius 1 is 1.21 bits per heavy atom. The van der Waals surface area contributed by atoms with E-state index in [2.05, 4.69) is 13.2 Å². The van der Waals surface area contributed by atoms with Crippen molar-refractivity contribution in [3.05, 3.63) is 24.6 Å². The molecule has 0 saturated heterocycles. The van der Waals surface area contributed by atoms with E-state index in [1.54, 1.807) is 12.8 Å². The zero-order valence-electron chi connectivity index (χ0n) is 9.25. The Balaban J connectivity index is 4.73. The summed E-state index contributed by atoms with van der Waals surface area (Å²) in [5.74, 6) is 0. The van der Waals surface area contributed by atoms with Crippen LogP contribution in [0.4, 0.5) is 0 Å². The third kappa shape index (κ3) is 3.18. The van der Waals surface area contributed by atoms with Gasteiger partial charge in [0.2, 0.25) is 0 Å². The first kappa shape index (κ1) is 13.8. The molecule has 0 saturated carbocycles. The Bertz CT molecular complexity index is 204. The highest BCUT2D eigenvalue weighted by Crippen LogP contribution is 2.21. The van der Waals surface area contributed by atoms with Gasteiger partial charge >= 0.3 is 17.1 Å². The summed E-state index contributed by atoms with van der Waals surface area (Å²) in [7, 11) is -3.55. The van der Waals surface area contributed by atoms with Crippen molar-refractivity contribution in [2.24, 2.45) is 0 Å². The standard InChI is InChI=1S/C9H20O3Si2/c1-6-13(10,7-2)12-14(8-3,9-4)11-5/h6,8,10H,1,3,7,9H2,2,4-5H3. The molecular formula is C9H20O3Si2. The molecule has 0 radical (unpaired) electrons. The predicted molar refractivity (Wildman–Crippen MR) is 63.2 cm³/mol. The third-order valence-electron chi connectivity index (χ3n) is 2.32. The highest BCUT2D eigenvalue weighted by Gasteiger charge is 2.41. The van der Waals surface area contributed by atoms with Gasteiger partial charge in [0.15, 0.2) is 0 Å². The summed E-state index contributed by atoms with van der Waals surface area (Å²) in [5.41, 5.74) is 3.25. The van der Waals surface area contributed by atoms with E-state index >= 15 is 0 Å². The van der Waals surface area contributed by atoms with Crippen molar-refractivity contribution in [1.82, 2.24) is 0 Å². The average molecular weight is 232 g/mol. The second-order valence-corrected chi connectivity index (χ2v) is 9.85. The summed E-state index contributed by atoms with van der Waals surface area (Å²) >= 11 is 0. The second kappa shape index (κ2) is 5.62. The molecule has 14 heavy (non-hydrogen) atoms. The Morgan fingerprint density at radius 2 is 1.79 bits per heavy atom. The van der Waals surface area contributed by atoms with Crippen molar-refractivity contribution >= 4 is 17.1 Å². The number of hydrogen-bond acceptors (Lipinski definition) is 3. The normalized spacial score (nSPS) is 19.4. The molecule has 3 nitrogen and oxygen atoms in total. The highest BCUT2D eigenvalue weighted by atomic mass is 28.5. The summed E-state index contributed by atoms with van der Waals surface area (Å²) < 4.78 is 11.1. The fourth-order valence-corrected chi connectivity index (χ4v) is 6.67. The molecule has 0 spiro atoms. The Labute approximate surface area is 88.6 Å². The van der Waals surface area contributed by atoms with Crippen LogP contribution in [0.15, 0.2) is 24.6 Å². The van der Waals surface area contributed by atoms with Crippen LogP contribution in [0.1, 0.15) is 13.8 Å². The minimum absolute atomic E-state index is 0.586.